The lowest BCUT2D eigenvalue weighted by atomic mass is 9.86. The van der Waals surface area contributed by atoms with Crippen molar-refractivity contribution < 1.29 is 10.2 Å². The number of rotatable bonds is 4. The highest BCUT2D eigenvalue weighted by Crippen LogP contribution is 2.30. The molecule has 1 aromatic carbocycles. The Balaban J connectivity index is 2.25. The van der Waals surface area contributed by atoms with Crippen LogP contribution in [-0.2, 0) is 19.4 Å². The number of benzene rings is 1. The summed E-state index contributed by atoms with van der Waals surface area (Å²) in [6.07, 6.45) is 3.30. The summed E-state index contributed by atoms with van der Waals surface area (Å²) in [5.74, 6) is -0.0524. The molecule has 0 radical (unpaired) electrons. The molecule has 3 N–H and O–H groups in total. The summed E-state index contributed by atoms with van der Waals surface area (Å²) >= 11 is 0. The van der Waals surface area contributed by atoms with E-state index in [1.54, 1.807) is 12.1 Å². The number of aliphatic hydroxyl groups excluding tert-OH is 1. The zero-order chi connectivity index (χ0) is 16.4. The summed E-state index contributed by atoms with van der Waals surface area (Å²) in [4.78, 5) is 12.8. The van der Waals surface area contributed by atoms with Crippen molar-refractivity contribution in [2.24, 2.45) is 0 Å². The fourth-order valence-corrected chi connectivity index (χ4v) is 3.27. The Morgan fingerprint density at radius 3 is 2.43 bits per heavy atom. The molecule has 0 aliphatic heterocycles. The van der Waals surface area contributed by atoms with Crippen LogP contribution in [0.4, 0.5) is 0 Å². The second kappa shape index (κ2) is 6.38. The molecule has 0 bridgehead atoms. The van der Waals surface area contributed by atoms with Crippen LogP contribution in [0, 0.1) is 5.41 Å². The summed E-state index contributed by atoms with van der Waals surface area (Å²) in [5.41, 5.74) is 2.36. The number of hydrogen-bond acceptors (Lipinski definition) is 4. The first kappa shape index (κ1) is 15.5. The number of aromatic nitrogens is 1. The quantitative estimate of drug-likeness (QED) is 0.753. The summed E-state index contributed by atoms with van der Waals surface area (Å²) < 4.78 is 1.19. The Bertz CT molecular complexity index is 794. The topological polar surface area (TPSA) is 86.3 Å². The van der Waals surface area contributed by atoms with E-state index in [2.05, 4.69) is 0 Å². The number of aromatic hydroxyl groups is 1. The van der Waals surface area contributed by atoms with Gasteiger partial charge in [0.1, 0.15) is 0 Å². The van der Waals surface area contributed by atoms with Crippen LogP contribution in [-0.4, -0.2) is 27.1 Å². The zero-order valence-electron chi connectivity index (χ0n) is 12.9. The van der Waals surface area contributed by atoms with E-state index in [9.17, 15) is 15.0 Å². The van der Waals surface area contributed by atoms with Crippen LogP contribution in [0.5, 0.6) is 5.88 Å². The molecule has 3 rings (SSSR count). The molecular formula is C18H20N2O3. The molecule has 1 aromatic heterocycles. The van der Waals surface area contributed by atoms with Crippen LogP contribution in [0.1, 0.15) is 35.1 Å². The predicted molar refractivity (Wildman–Crippen MR) is 88.5 cm³/mol. The average molecular weight is 312 g/mol. The SMILES string of the molecule is N=C(c1ccccc1)c1c2c(c(O)n(CCO)c1=O)CCCC2. The number of nitrogens with one attached hydrogen (secondary N) is 1. The summed E-state index contributed by atoms with van der Waals surface area (Å²) in [6, 6.07) is 9.15. The van der Waals surface area contributed by atoms with Crippen LogP contribution < -0.4 is 5.56 Å². The van der Waals surface area contributed by atoms with Gasteiger partial charge in [0.15, 0.2) is 5.88 Å². The molecule has 120 valence electrons. The van der Waals surface area contributed by atoms with Gasteiger partial charge in [-0.05, 0) is 31.2 Å². The molecule has 1 heterocycles. The molecule has 0 atom stereocenters. The third-order valence-electron chi connectivity index (χ3n) is 4.39. The summed E-state index contributed by atoms with van der Waals surface area (Å²) in [5, 5.41) is 28.1. The van der Waals surface area contributed by atoms with E-state index in [1.807, 2.05) is 18.2 Å². The van der Waals surface area contributed by atoms with Gasteiger partial charge in [-0.25, -0.2) is 0 Å². The van der Waals surface area contributed by atoms with Gasteiger partial charge >= 0.3 is 0 Å². The first-order valence-corrected chi connectivity index (χ1v) is 7.88. The minimum atomic E-state index is -0.397. The van der Waals surface area contributed by atoms with Crippen molar-refractivity contribution in [3.63, 3.8) is 0 Å². The fourth-order valence-electron chi connectivity index (χ4n) is 3.27. The van der Waals surface area contributed by atoms with Crippen LogP contribution in [0.3, 0.4) is 0 Å². The number of hydrogen-bond donors (Lipinski definition) is 3. The van der Waals surface area contributed by atoms with Crippen LogP contribution in [0.25, 0.3) is 0 Å². The van der Waals surface area contributed by atoms with Gasteiger partial charge < -0.3 is 10.2 Å². The van der Waals surface area contributed by atoms with Crippen LogP contribution in [0.2, 0.25) is 0 Å². The maximum atomic E-state index is 12.8. The average Bonchev–Trinajstić information content (AvgIpc) is 2.59. The lowest BCUT2D eigenvalue weighted by Crippen LogP contribution is -2.32. The molecule has 0 unspecified atom stereocenters. The van der Waals surface area contributed by atoms with E-state index >= 15 is 0 Å². The molecule has 1 aliphatic carbocycles. The number of pyridine rings is 1. The fraction of sp³-hybridized carbons (Fsp3) is 0.333. The van der Waals surface area contributed by atoms with Crippen molar-refractivity contribution in [2.45, 2.75) is 32.2 Å². The van der Waals surface area contributed by atoms with Crippen molar-refractivity contribution in [3.8, 4) is 5.88 Å². The summed E-state index contributed by atoms with van der Waals surface area (Å²) in [7, 11) is 0. The Labute approximate surface area is 134 Å². The minimum absolute atomic E-state index is 0.0347. The molecule has 2 aromatic rings. The molecule has 0 saturated carbocycles. The molecule has 5 heteroatoms. The molecule has 0 amide bonds. The predicted octanol–water partition coefficient (Wildman–Crippen LogP) is 1.84. The second-order valence-corrected chi connectivity index (χ2v) is 5.78. The van der Waals surface area contributed by atoms with E-state index in [-0.39, 0.29) is 24.7 Å². The van der Waals surface area contributed by atoms with E-state index in [0.717, 1.165) is 24.0 Å². The number of nitrogens with zero attached hydrogens (tertiary/aromatic N) is 1. The van der Waals surface area contributed by atoms with Crippen molar-refractivity contribution in [3.05, 3.63) is 62.9 Å². The van der Waals surface area contributed by atoms with Gasteiger partial charge in [-0.3, -0.25) is 14.8 Å². The van der Waals surface area contributed by atoms with Gasteiger partial charge in [0, 0.05) is 11.1 Å². The second-order valence-electron chi connectivity index (χ2n) is 5.78. The van der Waals surface area contributed by atoms with Crippen molar-refractivity contribution in [2.75, 3.05) is 6.61 Å². The summed E-state index contributed by atoms with van der Waals surface area (Å²) in [6.45, 7) is -0.197. The Kier molecular flexibility index (Phi) is 4.30. The van der Waals surface area contributed by atoms with E-state index < -0.39 is 5.56 Å². The molecular weight excluding hydrogens is 292 g/mol. The molecule has 0 spiro atoms. The first-order chi connectivity index (χ1) is 11.1. The number of aliphatic hydroxyl groups is 1. The van der Waals surface area contributed by atoms with E-state index in [4.69, 9.17) is 5.41 Å². The third kappa shape index (κ3) is 2.68. The lowest BCUT2D eigenvalue weighted by molar-refractivity contribution is 0.262. The lowest BCUT2D eigenvalue weighted by Gasteiger charge is -2.23. The van der Waals surface area contributed by atoms with E-state index in [1.165, 1.54) is 4.57 Å². The van der Waals surface area contributed by atoms with Gasteiger partial charge in [-0.2, -0.15) is 0 Å². The smallest absolute Gasteiger partial charge is 0.263 e. The Morgan fingerprint density at radius 1 is 1.13 bits per heavy atom. The highest BCUT2D eigenvalue weighted by molar-refractivity contribution is 6.11. The minimum Gasteiger partial charge on any atom is -0.494 e. The molecule has 0 saturated heterocycles. The Morgan fingerprint density at radius 2 is 1.78 bits per heavy atom. The first-order valence-electron chi connectivity index (χ1n) is 7.88. The third-order valence-corrected chi connectivity index (χ3v) is 4.39. The largest absolute Gasteiger partial charge is 0.494 e. The zero-order valence-corrected chi connectivity index (χ0v) is 12.9. The molecule has 1 aliphatic rings. The number of fused-ring (bicyclic) bond motifs is 1. The maximum absolute atomic E-state index is 12.8. The van der Waals surface area contributed by atoms with Crippen molar-refractivity contribution >= 4 is 5.71 Å². The van der Waals surface area contributed by atoms with Gasteiger partial charge in [-0.1, -0.05) is 30.3 Å². The van der Waals surface area contributed by atoms with Crippen molar-refractivity contribution in [1.82, 2.24) is 4.57 Å². The van der Waals surface area contributed by atoms with Crippen molar-refractivity contribution in [1.29, 1.82) is 5.41 Å². The van der Waals surface area contributed by atoms with Gasteiger partial charge in [-0.15, -0.1) is 0 Å². The van der Waals surface area contributed by atoms with Crippen LogP contribution in [0.15, 0.2) is 35.1 Å². The van der Waals surface area contributed by atoms with Gasteiger partial charge in [0.25, 0.3) is 5.56 Å². The van der Waals surface area contributed by atoms with Gasteiger partial charge in [0.2, 0.25) is 0 Å². The maximum Gasteiger partial charge on any atom is 0.263 e. The standard InChI is InChI=1S/C18H20N2O3/c19-16(12-6-2-1-3-7-12)15-13-8-4-5-9-14(13)17(22)20(10-11-21)18(15)23/h1-3,6-7,19,21-22H,4-5,8-11H2. The molecule has 23 heavy (non-hydrogen) atoms. The normalized spacial score (nSPS) is 13.6. The Hall–Kier alpha value is -2.40. The van der Waals surface area contributed by atoms with Gasteiger partial charge in [0.05, 0.1) is 24.4 Å². The van der Waals surface area contributed by atoms with E-state index in [0.29, 0.717) is 24.0 Å². The molecule has 0 fully saturated rings. The molecule has 5 nitrogen and oxygen atoms in total. The highest BCUT2D eigenvalue weighted by Gasteiger charge is 2.25. The monoisotopic (exact) mass is 312 g/mol. The highest BCUT2D eigenvalue weighted by atomic mass is 16.3. The van der Waals surface area contributed by atoms with Crippen LogP contribution >= 0.6 is 0 Å².